The minimum atomic E-state index is -1.08. The largest absolute Gasteiger partial charge is 0.330 e. The number of rotatable bonds is 4. The lowest BCUT2D eigenvalue weighted by atomic mass is 10.2. The molecule has 1 aliphatic heterocycles. The van der Waals surface area contributed by atoms with Gasteiger partial charge in [0.05, 0.1) is 6.54 Å². The third-order valence-electron chi connectivity index (χ3n) is 4.04. The Kier molecular flexibility index (Phi) is 4.57. The number of halogens is 3. The van der Waals surface area contributed by atoms with Gasteiger partial charge in [-0.05, 0) is 25.2 Å². The van der Waals surface area contributed by atoms with Crippen LogP contribution in [0.3, 0.4) is 0 Å². The molecule has 1 aliphatic rings. The molecule has 1 N–H and O–H groups in total. The molecule has 1 saturated heterocycles. The third-order valence-corrected chi connectivity index (χ3v) is 4.04. The Hall–Kier alpha value is -2.35. The molecule has 5 nitrogen and oxygen atoms in total. The summed E-state index contributed by atoms with van der Waals surface area (Å²) in [7, 11) is 1.73. The Balaban J connectivity index is 1.86. The average Bonchev–Trinajstić information content (AvgIpc) is 3.14. The van der Waals surface area contributed by atoms with Crippen molar-refractivity contribution >= 4 is 5.91 Å². The van der Waals surface area contributed by atoms with Crippen LogP contribution in [0.5, 0.6) is 0 Å². The van der Waals surface area contributed by atoms with Crippen LogP contribution in [0, 0.1) is 11.6 Å². The van der Waals surface area contributed by atoms with Crippen LogP contribution in [0.1, 0.15) is 16.9 Å². The van der Waals surface area contributed by atoms with Crippen LogP contribution in [0.25, 0.3) is 5.69 Å². The van der Waals surface area contributed by atoms with Crippen molar-refractivity contribution in [2.75, 3.05) is 20.1 Å². The second-order valence-electron chi connectivity index (χ2n) is 5.72. The number of benzene rings is 1. The van der Waals surface area contributed by atoms with Gasteiger partial charge in [-0.15, -0.1) is 0 Å². The molecule has 2 heterocycles. The van der Waals surface area contributed by atoms with Crippen LogP contribution in [-0.2, 0) is 0 Å². The van der Waals surface area contributed by atoms with Gasteiger partial charge in [-0.25, -0.2) is 17.9 Å². The van der Waals surface area contributed by atoms with E-state index in [1.165, 1.54) is 23.2 Å². The fraction of sp³-hybridized carbons (Fsp3) is 0.375. The molecule has 1 aromatic heterocycles. The topological polar surface area (TPSA) is 50.2 Å². The number of hydrogen-bond acceptors (Lipinski definition) is 3. The molecule has 3 rings (SSSR count). The molecule has 0 unspecified atom stereocenters. The van der Waals surface area contributed by atoms with Crippen molar-refractivity contribution in [1.82, 2.24) is 20.0 Å². The van der Waals surface area contributed by atoms with Gasteiger partial charge in [-0.3, -0.25) is 4.79 Å². The normalized spacial score (nSPS) is 20.6. The monoisotopic (exact) mass is 338 g/mol. The minimum Gasteiger partial charge on any atom is -0.330 e. The second kappa shape index (κ2) is 6.64. The SMILES string of the molecule is CNC[C@@H]1C[C@H](F)CN1C(=O)c1ccn(-c2c(F)cccc2F)n1. The highest BCUT2D eigenvalue weighted by Gasteiger charge is 2.36. The molecular weight excluding hydrogens is 321 g/mol. The van der Waals surface area contributed by atoms with Gasteiger partial charge in [0.2, 0.25) is 0 Å². The summed E-state index contributed by atoms with van der Waals surface area (Å²) in [6, 6.07) is 4.57. The Morgan fingerprint density at radius 3 is 2.71 bits per heavy atom. The van der Waals surface area contributed by atoms with Crippen LogP contribution in [-0.4, -0.2) is 52.9 Å². The van der Waals surface area contributed by atoms with E-state index in [0.717, 1.165) is 16.8 Å². The summed E-state index contributed by atoms with van der Waals surface area (Å²) in [5, 5.41) is 6.90. The predicted octanol–water partition coefficient (Wildman–Crippen LogP) is 1.92. The van der Waals surface area contributed by atoms with E-state index in [9.17, 15) is 18.0 Å². The molecule has 0 aliphatic carbocycles. The molecule has 0 spiro atoms. The molecule has 2 atom stereocenters. The lowest BCUT2D eigenvalue weighted by Gasteiger charge is -2.23. The van der Waals surface area contributed by atoms with Crippen LogP contribution >= 0.6 is 0 Å². The predicted molar refractivity (Wildman–Crippen MR) is 81.7 cm³/mol. The highest BCUT2D eigenvalue weighted by Crippen LogP contribution is 2.23. The lowest BCUT2D eigenvalue weighted by Crippen LogP contribution is -2.41. The van der Waals surface area contributed by atoms with E-state index in [1.807, 2.05) is 0 Å². The van der Waals surface area contributed by atoms with Crippen molar-refractivity contribution in [2.45, 2.75) is 18.6 Å². The zero-order chi connectivity index (χ0) is 17.3. The van der Waals surface area contributed by atoms with E-state index in [2.05, 4.69) is 10.4 Å². The first-order valence-electron chi connectivity index (χ1n) is 7.61. The van der Waals surface area contributed by atoms with E-state index in [0.29, 0.717) is 6.54 Å². The first-order chi connectivity index (χ1) is 11.5. The van der Waals surface area contributed by atoms with E-state index in [-0.39, 0.29) is 30.4 Å². The van der Waals surface area contributed by atoms with Crippen LogP contribution in [0.4, 0.5) is 13.2 Å². The number of aromatic nitrogens is 2. The number of alkyl halides is 1. The first kappa shape index (κ1) is 16.5. The van der Waals surface area contributed by atoms with E-state index >= 15 is 0 Å². The van der Waals surface area contributed by atoms with Gasteiger partial charge in [0.1, 0.15) is 11.9 Å². The average molecular weight is 338 g/mol. The Bertz CT molecular complexity index is 728. The number of nitrogens with zero attached hydrogens (tertiary/aromatic N) is 3. The Morgan fingerprint density at radius 2 is 2.04 bits per heavy atom. The molecule has 2 aromatic rings. The van der Waals surface area contributed by atoms with Crippen molar-refractivity contribution in [3.8, 4) is 5.69 Å². The summed E-state index contributed by atoms with van der Waals surface area (Å²) in [6.45, 7) is 0.459. The maximum absolute atomic E-state index is 13.8. The number of amides is 1. The lowest BCUT2D eigenvalue weighted by molar-refractivity contribution is 0.0723. The zero-order valence-electron chi connectivity index (χ0n) is 13.0. The highest BCUT2D eigenvalue weighted by molar-refractivity contribution is 5.92. The fourth-order valence-electron chi connectivity index (χ4n) is 2.95. The van der Waals surface area contributed by atoms with Gasteiger partial charge < -0.3 is 10.2 Å². The van der Waals surface area contributed by atoms with E-state index in [1.54, 1.807) is 7.05 Å². The number of carbonyl (C=O) groups excluding carboxylic acids is 1. The maximum atomic E-state index is 13.8. The van der Waals surface area contributed by atoms with Crippen LogP contribution in [0.15, 0.2) is 30.5 Å². The highest BCUT2D eigenvalue weighted by atomic mass is 19.1. The Labute approximate surface area is 137 Å². The van der Waals surface area contributed by atoms with Gasteiger partial charge in [-0.2, -0.15) is 5.10 Å². The van der Waals surface area contributed by atoms with Gasteiger partial charge >= 0.3 is 0 Å². The van der Waals surface area contributed by atoms with Gasteiger partial charge in [0.25, 0.3) is 5.91 Å². The molecular formula is C16H17F3N4O. The molecule has 0 bridgehead atoms. The number of carbonyl (C=O) groups is 1. The smallest absolute Gasteiger partial charge is 0.274 e. The van der Waals surface area contributed by atoms with Crippen LogP contribution < -0.4 is 5.32 Å². The van der Waals surface area contributed by atoms with E-state index in [4.69, 9.17) is 0 Å². The van der Waals surface area contributed by atoms with Crippen molar-refractivity contribution < 1.29 is 18.0 Å². The van der Waals surface area contributed by atoms with E-state index < -0.39 is 23.7 Å². The molecule has 0 radical (unpaired) electrons. The van der Waals surface area contributed by atoms with Gasteiger partial charge in [0, 0.05) is 25.2 Å². The van der Waals surface area contributed by atoms with Gasteiger partial charge in [0.15, 0.2) is 17.3 Å². The number of nitrogens with one attached hydrogen (secondary N) is 1. The van der Waals surface area contributed by atoms with Crippen LogP contribution in [0.2, 0.25) is 0 Å². The number of likely N-dealkylation sites (tertiary alicyclic amines) is 1. The quantitative estimate of drug-likeness (QED) is 0.927. The zero-order valence-corrected chi connectivity index (χ0v) is 13.0. The molecule has 8 heteroatoms. The molecule has 1 fully saturated rings. The van der Waals surface area contributed by atoms with Crippen molar-refractivity contribution in [3.63, 3.8) is 0 Å². The summed E-state index contributed by atoms with van der Waals surface area (Å²) in [5.74, 6) is -2.02. The number of likely N-dealkylation sites (N-methyl/N-ethyl adjacent to an activating group) is 1. The molecule has 1 aromatic carbocycles. The molecule has 0 saturated carbocycles. The Morgan fingerprint density at radius 1 is 1.33 bits per heavy atom. The summed E-state index contributed by atoms with van der Waals surface area (Å²) in [5.41, 5.74) is -0.332. The number of hydrogen-bond donors (Lipinski definition) is 1. The van der Waals surface area contributed by atoms with Crippen molar-refractivity contribution in [3.05, 3.63) is 47.8 Å². The molecule has 128 valence electrons. The van der Waals surface area contributed by atoms with Crippen molar-refractivity contribution in [2.24, 2.45) is 0 Å². The minimum absolute atomic E-state index is 0.00784. The summed E-state index contributed by atoms with van der Waals surface area (Å²) < 4.78 is 42.2. The standard InChI is InChI=1S/C16H17F3N4O/c1-20-8-11-7-10(17)9-22(11)16(24)14-5-6-23(21-14)15-12(18)3-2-4-13(15)19/h2-6,10-11,20H,7-9H2,1H3/t10-,11-/m0/s1. The summed E-state index contributed by atoms with van der Waals surface area (Å²) >= 11 is 0. The molecule has 1 amide bonds. The van der Waals surface area contributed by atoms with Crippen molar-refractivity contribution in [1.29, 1.82) is 0 Å². The summed E-state index contributed by atoms with van der Waals surface area (Å²) in [6.07, 6.45) is 0.485. The number of para-hydroxylation sites is 1. The van der Waals surface area contributed by atoms with Gasteiger partial charge in [-0.1, -0.05) is 6.07 Å². The first-order valence-corrected chi connectivity index (χ1v) is 7.61. The molecule has 24 heavy (non-hydrogen) atoms. The maximum Gasteiger partial charge on any atom is 0.274 e. The second-order valence-corrected chi connectivity index (χ2v) is 5.72. The fourth-order valence-corrected chi connectivity index (χ4v) is 2.95. The third kappa shape index (κ3) is 3.01. The summed E-state index contributed by atoms with van der Waals surface area (Å²) in [4.78, 5) is 14.0.